The van der Waals surface area contributed by atoms with Gasteiger partial charge in [0, 0.05) is 10.8 Å². The standard InChI is InChI=1S/C18H14ClNO3.C18H16N2O3/c2*1-22-14-8-5-9-15(23-2)16(14)17(21)12-10-11-6-3-4-7-13(11)20-18(12)19/h3-10H,1-2H3;3-10H,1-2H3,(H2,19,20). The first-order valence-electron chi connectivity index (χ1n) is 14.0. The number of hydrogen-bond acceptors (Lipinski definition) is 9. The topological polar surface area (TPSA) is 123 Å². The lowest BCUT2D eigenvalue weighted by Crippen LogP contribution is -2.10. The van der Waals surface area contributed by atoms with Crippen LogP contribution in [0.3, 0.4) is 0 Å². The lowest BCUT2D eigenvalue weighted by Gasteiger charge is -2.13. The second-order valence-electron chi connectivity index (χ2n) is 9.87. The molecular weight excluding hydrogens is 606 g/mol. The van der Waals surface area contributed by atoms with Gasteiger partial charge in [0.2, 0.25) is 11.6 Å². The van der Waals surface area contributed by atoms with Gasteiger partial charge in [-0.2, -0.15) is 0 Å². The summed E-state index contributed by atoms with van der Waals surface area (Å²) in [4.78, 5) is 34.6. The van der Waals surface area contributed by atoms with E-state index in [4.69, 9.17) is 36.3 Å². The molecule has 6 rings (SSSR count). The Balaban J connectivity index is 0.000000181. The van der Waals surface area contributed by atoms with Crippen LogP contribution in [0.4, 0.5) is 5.82 Å². The zero-order chi connectivity index (χ0) is 32.8. The maximum Gasteiger partial charge on any atom is 0.204 e. The van der Waals surface area contributed by atoms with Gasteiger partial charge in [0.15, 0.2) is 0 Å². The van der Waals surface area contributed by atoms with Crippen molar-refractivity contribution in [2.75, 3.05) is 34.2 Å². The average Bonchev–Trinajstić information content (AvgIpc) is 3.09. The van der Waals surface area contributed by atoms with Gasteiger partial charge < -0.3 is 24.7 Å². The van der Waals surface area contributed by atoms with Crippen molar-refractivity contribution in [2.45, 2.75) is 0 Å². The van der Waals surface area contributed by atoms with Crippen molar-refractivity contribution in [1.29, 1.82) is 0 Å². The number of ketones is 2. The zero-order valence-corrected chi connectivity index (χ0v) is 26.3. The zero-order valence-electron chi connectivity index (χ0n) is 25.5. The van der Waals surface area contributed by atoms with E-state index in [9.17, 15) is 9.59 Å². The number of nitrogen functional groups attached to an aromatic ring is 1. The molecule has 2 N–H and O–H groups in total. The molecule has 0 fully saturated rings. The molecule has 0 aliphatic heterocycles. The van der Waals surface area contributed by atoms with E-state index in [-0.39, 0.29) is 22.5 Å². The number of pyridine rings is 2. The van der Waals surface area contributed by atoms with Gasteiger partial charge in [0.1, 0.15) is 45.1 Å². The maximum atomic E-state index is 13.0. The highest BCUT2D eigenvalue weighted by Crippen LogP contribution is 2.34. The molecular formula is C36H30ClN3O6. The van der Waals surface area contributed by atoms with Crippen LogP contribution in [0.25, 0.3) is 21.8 Å². The molecule has 0 aliphatic carbocycles. The van der Waals surface area contributed by atoms with Gasteiger partial charge in [-0.1, -0.05) is 60.1 Å². The molecule has 0 atom stereocenters. The number of fused-ring (bicyclic) bond motifs is 2. The third-order valence-corrected chi connectivity index (χ3v) is 7.52. The first kappa shape index (κ1) is 31.7. The third kappa shape index (κ3) is 6.27. The molecule has 6 aromatic rings. The molecule has 9 nitrogen and oxygen atoms in total. The van der Waals surface area contributed by atoms with Crippen molar-refractivity contribution in [2.24, 2.45) is 0 Å². The first-order chi connectivity index (χ1) is 22.3. The van der Waals surface area contributed by atoms with E-state index < -0.39 is 0 Å². The molecule has 4 aromatic carbocycles. The fourth-order valence-electron chi connectivity index (χ4n) is 4.98. The van der Waals surface area contributed by atoms with Crippen LogP contribution in [0.5, 0.6) is 23.0 Å². The van der Waals surface area contributed by atoms with Gasteiger partial charge in [-0.25, -0.2) is 9.97 Å². The number of nitrogens with two attached hydrogens (primary N) is 1. The molecule has 0 saturated carbocycles. The number of anilines is 1. The molecule has 0 radical (unpaired) electrons. The molecule has 0 spiro atoms. The van der Waals surface area contributed by atoms with E-state index >= 15 is 0 Å². The summed E-state index contributed by atoms with van der Waals surface area (Å²) in [5.74, 6) is 1.33. The smallest absolute Gasteiger partial charge is 0.204 e. The van der Waals surface area contributed by atoms with Crippen molar-refractivity contribution in [3.8, 4) is 23.0 Å². The average molecular weight is 636 g/mol. The van der Waals surface area contributed by atoms with E-state index in [1.807, 2.05) is 48.5 Å². The number of carbonyl (C=O) groups is 2. The Morgan fingerprint density at radius 1 is 0.565 bits per heavy atom. The number of rotatable bonds is 8. The minimum Gasteiger partial charge on any atom is -0.496 e. The Kier molecular flexibility index (Phi) is 9.64. The highest BCUT2D eigenvalue weighted by molar-refractivity contribution is 6.34. The minimum absolute atomic E-state index is 0.154. The number of carbonyl (C=O) groups excluding carboxylic acids is 2. The number of aromatic nitrogens is 2. The van der Waals surface area contributed by atoms with Crippen molar-refractivity contribution in [1.82, 2.24) is 9.97 Å². The molecule has 10 heteroatoms. The molecule has 0 aliphatic rings. The number of hydrogen-bond donors (Lipinski definition) is 1. The molecule has 0 unspecified atom stereocenters. The summed E-state index contributed by atoms with van der Waals surface area (Å²) in [5.41, 5.74) is 8.78. The van der Waals surface area contributed by atoms with Gasteiger partial charge in [-0.3, -0.25) is 9.59 Å². The lowest BCUT2D eigenvalue weighted by molar-refractivity contribution is 0.102. The molecule has 0 bridgehead atoms. The van der Waals surface area contributed by atoms with Crippen LogP contribution in [-0.4, -0.2) is 50.0 Å². The quantitative estimate of drug-likeness (QED) is 0.137. The molecule has 0 amide bonds. The number of methoxy groups -OCH3 is 4. The second-order valence-corrected chi connectivity index (χ2v) is 10.2. The molecule has 232 valence electrons. The Morgan fingerprint density at radius 3 is 1.41 bits per heavy atom. The van der Waals surface area contributed by atoms with Crippen LogP contribution in [0.1, 0.15) is 31.8 Å². The number of ether oxygens (including phenoxy) is 4. The highest BCUT2D eigenvalue weighted by atomic mass is 35.5. The molecule has 46 heavy (non-hydrogen) atoms. The van der Waals surface area contributed by atoms with Gasteiger partial charge in [-0.15, -0.1) is 0 Å². The van der Waals surface area contributed by atoms with E-state index in [0.29, 0.717) is 45.3 Å². The summed E-state index contributed by atoms with van der Waals surface area (Å²) in [7, 11) is 6.03. The summed E-state index contributed by atoms with van der Waals surface area (Å²) >= 11 is 6.23. The van der Waals surface area contributed by atoms with E-state index in [1.165, 1.54) is 28.4 Å². The summed E-state index contributed by atoms with van der Waals surface area (Å²) in [6.45, 7) is 0. The fraction of sp³-hybridized carbons (Fsp3) is 0.111. The Labute approximate surface area is 270 Å². The molecule has 2 aromatic heterocycles. The summed E-state index contributed by atoms with van der Waals surface area (Å²) < 4.78 is 21.2. The van der Waals surface area contributed by atoms with Gasteiger partial charge in [0.05, 0.1) is 50.6 Å². The van der Waals surface area contributed by atoms with Crippen LogP contribution in [0, 0.1) is 0 Å². The number of benzene rings is 4. The van der Waals surface area contributed by atoms with Gasteiger partial charge >= 0.3 is 0 Å². The SMILES string of the molecule is COc1cccc(OC)c1C(=O)c1cc2ccccc2nc1Cl.COc1cccc(OC)c1C(=O)c1cc2ccccc2nc1N. The van der Waals surface area contributed by atoms with Crippen LogP contribution in [0.2, 0.25) is 5.15 Å². The summed E-state index contributed by atoms with van der Waals surface area (Å²) in [6, 6.07) is 28.8. The maximum absolute atomic E-state index is 13.0. The minimum atomic E-state index is -0.289. The first-order valence-corrected chi connectivity index (χ1v) is 14.4. The number of nitrogens with zero attached hydrogens (tertiary/aromatic N) is 2. The van der Waals surface area contributed by atoms with Gasteiger partial charge in [-0.05, 0) is 48.5 Å². The third-order valence-electron chi connectivity index (χ3n) is 7.23. The number of para-hydroxylation sites is 2. The molecule has 0 saturated heterocycles. The van der Waals surface area contributed by atoms with Crippen molar-refractivity contribution < 1.29 is 28.5 Å². The largest absolute Gasteiger partial charge is 0.496 e. The van der Waals surface area contributed by atoms with E-state index in [0.717, 1.165) is 21.8 Å². The monoisotopic (exact) mass is 635 g/mol. The predicted octanol–water partition coefficient (Wildman–Crippen LogP) is 7.20. The van der Waals surface area contributed by atoms with Crippen molar-refractivity contribution in [3.63, 3.8) is 0 Å². The van der Waals surface area contributed by atoms with E-state index in [2.05, 4.69) is 9.97 Å². The van der Waals surface area contributed by atoms with Crippen molar-refractivity contribution >= 4 is 50.8 Å². The molecule has 2 heterocycles. The van der Waals surface area contributed by atoms with Crippen LogP contribution >= 0.6 is 11.6 Å². The summed E-state index contributed by atoms with van der Waals surface area (Å²) in [6.07, 6.45) is 0. The van der Waals surface area contributed by atoms with Crippen LogP contribution in [-0.2, 0) is 0 Å². The fourth-order valence-corrected chi connectivity index (χ4v) is 5.22. The van der Waals surface area contributed by atoms with Gasteiger partial charge in [0.25, 0.3) is 0 Å². The Bertz CT molecular complexity index is 1890. The van der Waals surface area contributed by atoms with E-state index in [1.54, 1.807) is 48.5 Å². The Hall–Kier alpha value is -5.67. The van der Waals surface area contributed by atoms with Crippen LogP contribution in [0.15, 0.2) is 97.1 Å². The van der Waals surface area contributed by atoms with Crippen LogP contribution < -0.4 is 24.7 Å². The normalized spacial score (nSPS) is 10.5. The van der Waals surface area contributed by atoms with Crippen molar-refractivity contribution in [3.05, 3.63) is 124 Å². The Morgan fingerprint density at radius 2 is 0.957 bits per heavy atom. The summed E-state index contributed by atoms with van der Waals surface area (Å²) in [5, 5.41) is 1.84. The lowest BCUT2D eigenvalue weighted by atomic mass is 10.0. The number of halogens is 1. The second kappa shape index (κ2) is 14.0. The predicted molar refractivity (Wildman–Crippen MR) is 179 cm³/mol. The highest BCUT2D eigenvalue weighted by Gasteiger charge is 2.24.